The van der Waals surface area contributed by atoms with Gasteiger partial charge in [0.15, 0.2) is 5.13 Å². The maximum atomic E-state index is 13.4. The summed E-state index contributed by atoms with van der Waals surface area (Å²) in [6.07, 6.45) is 5.05. The van der Waals surface area contributed by atoms with E-state index in [1.54, 1.807) is 24.7 Å². The Bertz CT molecular complexity index is 699. The lowest BCUT2D eigenvalue weighted by atomic mass is 10.2. The lowest BCUT2D eigenvalue weighted by Gasteiger charge is -2.02. The molecular weight excluding hydrogens is 275 g/mol. The smallest absolute Gasteiger partial charge is 0.183 e. The minimum Gasteiger partial charge on any atom is -0.356 e. The summed E-state index contributed by atoms with van der Waals surface area (Å²) in [5.41, 5.74) is 2.19. The molecule has 3 rings (SSSR count). The van der Waals surface area contributed by atoms with Crippen LogP contribution in [0.3, 0.4) is 0 Å². The second-order valence-corrected chi connectivity index (χ2v) is 4.92. The van der Waals surface area contributed by atoms with Crippen molar-refractivity contribution in [3.05, 3.63) is 59.7 Å². The topological polar surface area (TPSA) is 50.7 Å². The number of hydrogen-bond acceptors (Lipinski definition) is 5. The van der Waals surface area contributed by atoms with Crippen molar-refractivity contribution in [3.63, 3.8) is 0 Å². The monoisotopic (exact) mass is 286 g/mol. The van der Waals surface area contributed by atoms with Crippen LogP contribution in [0.1, 0.15) is 5.69 Å². The first-order valence-electron chi connectivity index (χ1n) is 6.02. The molecule has 3 aromatic heterocycles. The maximum Gasteiger partial charge on any atom is 0.183 e. The van der Waals surface area contributed by atoms with Gasteiger partial charge in [-0.3, -0.25) is 9.97 Å². The fraction of sp³-hybridized carbons (Fsp3) is 0.0714. The highest BCUT2D eigenvalue weighted by Gasteiger charge is 2.06. The normalized spacial score (nSPS) is 10.4. The van der Waals surface area contributed by atoms with Gasteiger partial charge in [-0.15, -0.1) is 11.3 Å². The Morgan fingerprint density at radius 2 is 2.10 bits per heavy atom. The molecule has 3 heterocycles. The molecule has 1 N–H and O–H groups in total. The van der Waals surface area contributed by atoms with Gasteiger partial charge in [0.05, 0.1) is 17.9 Å². The average molecular weight is 286 g/mol. The Hall–Kier alpha value is -2.34. The first-order valence-corrected chi connectivity index (χ1v) is 6.90. The first-order chi connectivity index (χ1) is 9.83. The summed E-state index contributed by atoms with van der Waals surface area (Å²) in [4.78, 5) is 12.5. The van der Waals surface area contributed by atoms with Gasteiger partial charge in [-0.1, -0.05) is 0 Å². The number of anilines is 1. The fourth-order valence-electron chi connectivity index (χ4n) is 1.71. The lowest BCUT2D eigenvalue weighted by Crippen LogP contribution is -2.03. The van der Waals surface area contributed by atoms with Gasteiger partial charge in [-0.25, -0.2) is 9.37 Å². The summed E-state index contributed by atoms with van der Waals surface area (Å²) >= 11 is 1.47. The number of aromatic nitrogens is 3. The second-order valence-electron chi connectivity index (χ2n) is 4.07. The molecule has 0 atom stereocenters. The average Bonchev–Trinajstić information content (AvgIpc) is 2.96. The van der Waals surface area contributed by atoms with Crippen molar-refractivity contribution >= 4 is 16.5 Å². The number of halogens is 1. The van der Waals surface area contributed by atoms with Crippen molar-refractivity contribution in [1.82, 2.24) is 15.0 Å². The number of hydrogen-bond donors (Lipinski definition) is 1. The van der Waals surface area contributed by atoms with Crippen molar-refractivity contribution in [1.29, 1.82) is 0 Å². The van der Waals surface area contributed by atoms with Gasteiger partial charge in [0.2, 0.25) is 0 Å². The fourth-order valence-corrected chi connectivity index (χ4v) is 2.43. The summed E-state index contributed by atoms with van der Waals surface area (Å²) < 4.78 is 13.4. The van der Waals surface area contributed by atoms with Crippen LogP contribution < -0.4 is 5.32 Å². The molecular formula is C14H11FN4S. The first kappa shape index (κ1) is 12.7. The Morgan fingerprint density at radius 1 is 1.20 bits per heavy atom. The molecule has 4 nitrogen and oxygen atoms in total. The predicted octanol–water partition coefficient (Wildman–Crippen LogP) is 3.35. The molecule has 3 aromatic rings. The molecule has 0 aromatic carbocycles. The van der Waals surface area contributed by atoms with Crippen molar-refractivity contribution in [3.8, 4) is 11.3 Å². The summed E-state index contributed by atoms with van der Waals surface area (Å²) in [5, 5.41) is 5.75. The van der Waals surface area contributed by atoms with E-state index >= 15 is 0 Å². The Kier molecular flexibility index (Phi) is 3.64. The lowest BCUT2D eigenvalue weighted by molar-refractivity contribution is 0.602. The molecule has 6 heteroatoms. The zero-order valence-electron chi connectivity index (χ0n) is 10.5. The molecule has 20 heavy (non-hydrogen) atoms. The SMILES string of the molecule is Fc1cccnc1CNc1nc(-c2cccnc2)cs1. The minimum absolute atomic E-state index is 0.312. The third-order valence-electron chi connectivity index (χ3n) is 2.70. The second kappa shape index (κ2) is 5.75. The van der Waals surface area contributed by atoms with Crippen molar-refractivity contribution in [2.45, 2.75) is 6.54 Å². The van der Waals surface area contributed by atoms with Gasteiger partial charge in [0.25, 0.3) is 0 Å². The van der Waals surface area contributed by atoms with Crippen LogP contribution in [0.25, 0.3) is 11.3 Å². The van der Waals surface area contributed by atoms with Crippen LogP contribution >= 0.6 is 11.3 Å². The van der Waals surface area contributed by atoms with E-state index in [2.05, 4.69) is 20.3 Å². The summed E-state index contributed by atoms with van der Waals surface area (Å²) in [5.74, 6) is -0.316. The molecule has 100 valence electrons. The van der Waals surface area contributed by atoms with E-state index in [9.17, 15) is 4.39 Å². The van der Waals surface area contributed by atoms with E-state index in [4.69, 9.17) is 0 Å². The predicted molar refractivity (Wildman–Crippen MR) is 76.9 cm³/mol. The summed E-state index contributed by atoms with van der Waals surface area (Å²) in [6.45, 7) is 0.312. The number of rotatable bonds is 4. The molecule has 0 aliphatic carbocycles. The van der Waals surface area contributed by atoms with Crippen LogP contribution in [0, 0.1) is 5.82 Å². The van der Waals surface area contributed by atoms with Crippen LogP contribution in [-0.2, 0) is 6.54 Å². The van der Waals surface area contributed by atoms with Crippen molar-refractivity contribution in [2.75, 3.05) is 5.32 Å². The number of thiazole rings is 1. The summed E-state index contributed by atoms with van der Waals surface area (Å²) in [7, 11) is 0. The van der Waals surface area contributed by atoms with Crippen LogP contribution in [-0.4, -0.2) is 15.0 Å². The van der Waals surface area contributed by atoms with Crippen molar-refractivity contribution < 1.29 is 4.39 Å². The van der Waals surface area contributed by atoms with E-state index in [0.717, 1.165) is 16.4 Å². The number of pyridine rings is 2. The summed E-state index contributed by atoms with van der Waals surface area (Å²) in [6, 6.07) is 6.78. The highest BCUT2D eigenvalue weighted by Crippen LogP contribution is 2.24. The molecule has 0 radical (unpaired) electrons. The zero-order valence-corrected chi connectivity index (χ0v) is 11.3. The molecule has 0 bridgehead atoms. The van der Waals surface area contributed by atoms with E-state index in [1.165, 1.54) is 17.4 Å². The molecule has 0 spiro atoms. The Balaban J connectivity index is 1.71. The maximum absolute atomic E-state index is 13.4. The standard InChI is InChI=1S/C14H11FN4S/c15-11-4-2-6-17-12(11)8-18-14-19-13(9-20-14)10-3-1-5-16-7-10/h1-7,9H,8H2,(H,18,19). The van der Waals surface area contributed by atoms with Gasteiger partial charge in [0.1, 0.15) is 5.82 Å². The molecule has 0 saturated heterocycles. The van der Waals surface area contributed by atoms with E-state index < -0.39 is 0 Å². The molecule has 0 saturated carbocycles. The third kappa shape index (κ3) is 2.80. The molecule has 0 unspecified atom stereocenters. The third-order valence-corrected chi connectivity index (χ3v) is 3.50. The zero-order chi connectivity index (χ0) is 13.8. The van der Waals surface area contributed by atoms with E-state index in [0.29, 0.717) is 12.2 Å². The molecule has 0 amide bonds. The van der Waals surface area contributed by atoms with Crippen LogP contribution in [0.15, 0.2) is 48.2 Å². The van der Waals surface area contributed by atoms with Gasteiger partial charge in [0, 0.05) is 29.5 Å². The van der Waals surface area contributed by atoms with Gasteiger partial charge < -0.3 is 5.32 Å². The highest BCUT2D eigenvalue weighted by molar-refractivity contribution is 7.14. The number of nitrogens with zero attached hydrogens (tertiary/aromatic N) is 3. The Morgan fingerprint density at radius 3 is 2.90 bits per heavy atom. The van der Waals surface area contributed by atoms with Gasteiger partial charge in [-0.2, -0.15) is 0 Å². The minimum atomic E-state index is -0.316. The Labute approximate surface area is 119 Å². The van der Waals surface area contributed by atoms with E-state index in [1.807, 2.05) is 17.5 Å². The largest absolute Gasteiger partial charge is 0.356 e. The molecule has 0 aliphatic heterocycles. The van der Waals surface area contributed by atoms with Crippen LogP contribution in [0.5, 0.6) is 0 Å². The van der Waals surface area contributed by atoms with Crippen LogP contribution in [0.2, 0.25) is 0 Å². The van der Waals surface area contributed by atoms with E-state index in [-0.39, 0.29) is 5.82 Å². The van der Waals surface area contributed by atoms with Gasteiger partial charge in [-0.05, 0) is 24.3 Å². The van der Waals surface area contributed by atoms with Crippen molar-refractivity contribution in [2.24, 2.45) is 0 Å². The van der Waals surface area contributed by atoms with Gasteiger partial charge >= 0.3 is 0 Å². The molecule has 0 aliphatic rings. The number of nitrogens with one attached hydrogen (secondary N) is 1. The molecule has 0 fully saturated rings. The highest BCUT2D eigenvalue weighted by atomic mass is 32.1. The quantitative estimate of drug-likeness (QED) is 0.799. The van der Waals surface area contributed by atoms with Crippen LogP contribution in [0.4, 0.5) is 9.52 Å².